The third-order valence-corrected chi connectivity index (χ3v) is 8.33. The van der Waals surface area contributed by atoms with Crippen LogP contribution in [0, 0.1) is 6.92 Å². The number of nitrogens with zero attached hydrogens (tertiary/aromatic N) is 3. The van der Waals surface area contributed by atoms with E-state index in [9.17, 15) is 19.2 Å². The lowest BCUT2D eigenvalue weighted by Crippen LogP contribution is -2.38. The highest BCUT2D eigenvalue weighted by molar-refractivity contribution is 7.09. The number of carbonyl (C=O) groups excluding carboxylic acids is 4. The molecule has 4 aromatic rings. The van der Waals surface area contributed by atoms with E-state index in [1.807, 2.05) is 30.3 Å². The number of pyridine rings is 1. The number of aromatic nitrogens is 2. The summed E-state index contributed by atoms with van der Waals surface area (Å²) in [4.78, 5) is 61.9. The van der Waals surface area contributed by atoms with Gasteiger partial charge in [-0.15, -0.1) is 11.3 Å². The van der Waals surface area contributed by atoms with Crippen molar-refractivity contribution in [3.8, 4) is 0 Å². The summed E-state index contributed by atoms with van der Waals surface area (Å²) in [5, 5.41) is 5.81. The Kier molecular flexibility index (Phi) is 6.47. The van der Waals surface area contributed by atoms with E-state index in [1.54, 1.807) is 42.9 Å². The minimum Gasteiger partial charge on any atom is -0.325 e. The maximum Gasteiger partial charge on any atom is 0.274 e. The Balaban J connectivity index is 1.21. The second kappa shape index (κ2) is 10.1. The fourth-order valence-electron chi connectivity index (χ4n) is 5.58. The summed E-state index contributed by atoms with van der Waals surface area (Å²) < 4.78 is 0. The topological polar surface area (TPSA) is 121 Å². The van der Waals surface area contributed by atoms with Crippen LogP contribution in [0.2, 0.25) is 0 Å². The smallest absolute Gasteiger partial charge is 0.274 e. The van der Waals surface area contributed by atoms with Gasteiger partial charge >= 0.3 is 0 Å². The molecule has 0 saturated carbocycles. The van der Waals surface area contributed by atoms with E-state index in [0.29, 0.717) is 35.5 Å². The Hall–Kier alpha value is -4.70. The Labute approximate surface area is 234 Å². The molecule has 6 rings (SSSR count). The summed E-state index contributed by atoms with van der Waals surface area (Å²) >= 11 is 1.35. The van der Waals surface area contributed by atoms with Crippen molar-refractivity contribution >= 4 is 46.8 Å². The number of carbonyl (C=O) groups is 4. The summed E-state index contributed by atoms with van der Waals surface area (Å²) in [7, 11) is 0. The molecule has 2 N–H and O–H groups in total. The molecule has 200 valence electrons. The number of thiazole rings is 1. The van der Waals surface area contributed by atoms with Crippen LogP contribution in [0.15, 0.2) is 66.3 Å². The van der Waals surface area contributed by atoms with E-state index in [0.717, 1.165) is 27.9 Å². The lowest BCUT2D eigenvalue weighted by atomic mass is 9.79. The highest BCUT2D eigenvalue weighted by Crippen LogP contribution is 2.46. The molecule has 1 spiro atoms. The summed E-state index contributed by atoms with van der Waals surface area (Å²) in [5.74, 6) is -0.231. The first-order chi connectivity index (χ1) is 19.4. The van der Waals surface area contributed by atoms with Crippen molar-refractivity contribution in [2.24, 2.45) is 0 Å². The van der Waals surface area contributed by atoms with E-state index in [2.05, 4.69) is 20.6 Å². The van der Waals surface area contributed by atoms with Gasteiger partial charge in [0.05, 0.1) is 10.9 Å². The molecule has 3 amide bonds. The molecular formula is C30H25N5O4S. The number of hydrogen-bond acceptors (Lipinski definition) is 7. The lowest BCUT2D eigenvalue weighted by molar-refractivity contribution is -0.120. The molecule has 9 nitrogen and oxygen atoms in total. The first-order valence-corrected chi connectivity index (χ1v) is 13.7. The Morgan fingerprint density at radius 1 is 1.10 bits per heavy atom. The van der Waals surface area contributed by atoms with Gasteiger partial charge in [0.2, 0.25) is 11.8 Å². The molecule has 3 heterocycles. The van der Waals surface area contributed by atoms with Crippen LogP contribution in [-0.2, 0) is 34.4 Å². The molecule has 40 heavy (non-hydrogen) atoms. The number of aryl methyl sites for hydroxylation is 1. The average molecular weight is 552 g/mol. The largest absolute Gasteiger partial charge is 0.325 e. The first kappa shape index (κ1) is 25.6. The molecule has 1 unspecified atom stereocenters. The fraction of sp³-hybridized carbons (Fsp3) is 0.200. The highest BCUT2D eigenvalue weighted by atomic mass is 32.1. The van der Waals surface area contributed by atoms with Crippen LogP contribution in [0.1, 0.15) is 48.0 Å². The second-order valence-electron chi connectivity index (χ2n) is 10.1. The number of nitrogens with one attached hydrogen (secondary N) is 2. The molecular weight excluding hydrogens is 526 g/mol. The monoisotopic (exact) mass is 551 g/mol. The predicted octanol–water partition coefficient (Wildman–Crippen LogP) is 3.93. The Morgan fingerprint density at radius 3 is 2.73 bits per heavy atom. The zero-order valence-electron chi connectivity index (χ0n) is 21.6. The molecule has 0 radical (unpaired) electrons. The number of rotatable bonds is 7. The van der Waals surface area contributed by atoms with Crippen molar-refractivity contribution in [2.45, 2.75) is 31.7 Å². The van der Waals surface area contributed by atoms with E-state index >= 15 is 0 Å². The molecule has 0 bridgehead atoms. The maximum absolute atomic E-state index is 13.4. The van der Waals surface area contributed by atoms with Gasteiger partial charge in [-0.2, -0.15) is 0 Å². The molecule has 1 aliphatic heterocycles. The quantitative estimate of drug-likeness (QED) is 0.336. The van der Waals surface area contributed by atoms with Crippen LogP contribution in [0.5, 0.6) is 0 Å². The number of aldehydes is 1. The molecule has 0 saturated heterocycles. The van der Waals surface area contributed by atoms with Crippen LogP contribution in [0.3, 0.4) is 0 Å². The zero-order chi connectivity index (χ0) is 27.9. The third-order valence-electron chi connectivity index (χ3n) is 7.58. The van der Waals surface area contributed by atoms with Gasteiger partial charge in [0.15, 0.2) is 0 Å². The van der Waals surface area contributed by atoms with Crippen molar-refractivity contribution in [3.05, 3.63) is 105 Å². The van der Waals surface area contributed by atoms with Gasteiger partial charge in [-0.25, -0.2) is 9.97 Å². The summed E-state index contributed by atoms with van der Waals surface area (Å²) in [6.07, 6.45) is 3.47. The molecule has 2 aromatic carbocycles. The maximum atomic E-state index is 13.4. The van der Waals surface area contributed by atoms with E-state index in [4.69, 9.17) is 0 Å². The normalized spacial score (nSPS) is 16.8. The molecule has 2 aromatic heterocycles. The number of amides is 3. The average Bonchev–Trinajstić information content (AvgIpc) is 3.63. The van der Waals surface area contributed by atoms with Gasteiger partial charge in [0.25, 0.3) is 5.91 Å². The number of fused-ring (bicyclic) bond motifs is 3. The van der Waals surface area contributed by atoms with Crippen molar-refractivity contribution in [3.63, 3.8) is 0 Å². The highest BCUT2D eigenvalue weighted by Gasteiger charge is 2.51. The van der Waals surface area contributed by atoms with E-state index < -0.39 is 5.41 Å². The standard InChI is InChI=1S/C30H25N5O4S/c1-18-26(32-17-40-18)28(38)35(14-20-5-2-3-6-21(20)16-36)15-25(37)33-23-9-8-19-12-30(13-22(19)11-23)24-7-4-10-31-27(24)34-29(30)39/h2-11,16-17H,12-15H2,1H3,(H,33,37)(H,31,34,39). The molecule has 0 fully saturated rings. The SMILES string of the molecule is Cc1scnc1C(=O)N(CC(=O)Nc1ccc2c(c1)CC1(C2)C(=O)Nc2ncccc21)Cc1ccccc1C=O. The van der Waals surface area contributed by atoms with E-state index in [-0.39, 0.29) is 36.5 Å². The minimum absolute atomic E-state index is 0.0647. The Bertz CT molecular complexity index is 1680. The summed E-state index contributed by atoms with van der Waals surface area (Å²) in [5.41, 5.74) is 5.77. The van der Waals surface area contributed by atoms with Gasteiger partial charge in [-0.3, -0.25) is 19.2 Å². The van der Waals surface area contributed by atoms with Gasteiger partial charge in [-0.05, 0) is 54.7 Å². The summed E-state index contributed by atoms with van der Waals surface area (Å²) in [6.45, 7) is 1.65. The van der Waals surface area contributed by atoms with Crippen LogP contribution >= 0.6 is 11.3 Å². The number of anilines is 2. The zero-order valence-corrected chi connectivity index (χ0v) is 22.5. The number of benzene rings is 2. The van der Waals surface area contributed by atoms with Gasteiger partial charge in [0.1, 0.15) is 24.3 Å². The minimum atomic E-state index is -0.699. The van der Waals surface area contributed by atoms with Crippen LogP contribution in [-0.4, -0.2) is 45.4 Å². The van der Waals surface area contributed by atoms with Crippen LogP contribution in [0.4, 0.5) is 11.5 Å². The fourth-order valence-corrected chi connectivity index (χ4v) is 6.15. The van der Waals surface area contributed by atoms with Crippen molar-refractivity contribution in [2.75, 3.05) is 17.2 Å². The summed E-state index contributed by atoms with van der Waals surface area (Å²) in [6, 6.07) is 16.4. The van der Waals surface area contributed by atoms with Gasteiger partial charge < -0.3 is 15.5 Å². The van der Waals surface area contributed by atoms with Gasteiger partial charge in [0, 0.05) is 34.4 Å². The molecule has 1 atom stereocenters. The molecule has 10 heteroatoms. The van der Waals surface area contributed by atoms with E-state index in [1.165, 1.54) is 16.2 Å². The van der Waals surface area contributed by atoms with Crippen molar-refractivity contribution < 1.29 is 19.2 Å². The third kappa shape index (κ3) is 4.46. The second-order valence-corrected chi connectivity index (χ2v) is 11.1. The Morgan fingerprint density at radius 2 is 1.93 bits per heavy atom. The van der Waals surface area contributed by atoms with Crippen molar-refractivity contribution in [1.82, 2.24) is 14.9 Å². The van der Waals surface area contributed by atoms with Crippen molar-refractivity contribution in [1.29, 1.82) is 0 Å². The van der Waals surface area contributed by atoms with Crippen LogP contribution in [0.25, 0.3) is 0 Å². The molecule has 2 aliphatic rings. The predicted molar refractivity (Wildman–Crippen MR) is 150 cm³/mol. The lowest BCUT2D eigenvalue weighted by Gasteiger charge is -2.23. The molecule has 1 aliphatic carbocycles. The number of hydrogen-bond donors (Lipinski definition) is 2. The van der Waals surface area contributed by atoms with Gasteiger partial charge in [-0.1, -0.05) is 36.4 Å². The van der Waals surface area contributed by atoms with Crippen LogP contribution < -0.4 is 10.6 Å². The first-order valence-electron chi connectivity index (χ1n) is 12.8.